The first-order valence-corrected chi connectivity index (χ1v) is 10.6. The lowest BCUT2D eigenvalue weighted by Gasteiger charge is -2.32. The van der Waals surface area contributed by atoms with Gasteiger partial charge in [0.05, 0.1) is 17.4 Å². The number of hydrogen-bond donors (Lipinski definition) is 2. The molecular formula is C16H27N3O6S. The Morgan fingerprint density at radius 3 is 1.96 bits per heavy atom. The van der Waals surface area contributed by atoms with Crippen LogP contribution in [0.3, 0.4) is 0 Å². The van der Waals surface area contributed by atoms with E-state index in [0.717, 1.165) is 0 Å². The van der Waals surface area contributed by atoms with E-state index in [1.54, 1.807) is 25.7 Å². The van der Waals surface area contributed by atoms with Crippen molar-refractivity contribution >= 4 is 27.7 Å². The van der Waals surface area contributed by atoms with Gasteiger partial charge >= 0.3 is 6.09 Å². The van der Waals surface area contributed by atoms with Crippen molar-refractivity contribution in [1.82, 2.24) is 15.8 Å². The quantitative estimate of drug-likeness (QED) is 0.651. The summed E-state index contributed by atoms with van der Waals surface area (Å²) < 4.78 is 28.1. The number of nitrogens with one attached hydrogen (secondary N) is 2. The maximum Gasteiger partial charge on any atom is 0.410 e. The van der Waals surface area contributed by atoms with Gasteiger partial charge in [0.1, 0.15) is 5.60 Å². The SMILES string of the molecule is CC(C)(C)OC(=O)N1CCC(C(=O)NNC(=O)[C@H]2CCS(=O)(=O)C2)CC1. The molecule has 0 bridgehead atoms. The summed E-state index contributed by atoms with van der Waals surface area (Å²) in [5.74, 6) is -1.92. The molecule has 1 atom stereocenters. The first-order valence-electron chi connectivity index (χ1n) is 8.75. The van der Waals surface area contributed by atoms with Gasteiger partial charge in [-0.25, -0.2) is 13.2 Å². The third-order valence-electron chi connectivity index (χ3n) is 4.43. The second-order valence-corrected chi connectivity index (χ2v) is 10.0. The van der Waals surface area contributed by atoms with Crippen LogP contribution >= 0.6 is 0 Å². The average molecular weight is 389 g/mol. The number of hydrogen-bond acceptors (Lipinski definition) is 6. The molecule has 2 saturated heterocycles. The molecule has 2 fully saturated rings. The Morgan fingerprint density at radius 2 is 1.50 bits per heavy atom. The van der Waals surface area contributed by atoms with Crippen molar-refractivity contribution in [2.45, 2.75) is 45.6 Å². The molecule has 0 aromatic heterocycles. The summed E-state index contributed by atoms with van der Waals surface area (Å²) in [5.41, 5.74) is 4.12. The van der Waals surface area contributed by atoms with E-state index in [9.17, 15) is 22.8 Å². The van der Waals surface area contributed by atoms with Crippen molar-refractivity contribution in [2.75, 3.05) is 24.6 Å². The summed E-state index contributed by atoms with van der Waals surface area (Å²) in [5, 5.41) is 0. The van der Waals surface area contributed by atoms with Crippen LogP contribution < -0.4 is 10.9 Å². The number of likely N-dealkylation sites (tertiary alicyclic amines) is 1. The van der Waals surface area contributed by atoms with Gasteiger partial charge in [-0.3, -0.25) is 20.4 Å². The number of rotatable bonds is 2. The lowest BCUT2D eigenvalue weighted by atomic mass is 9.96. The first kappa shape index (κ1) is 20.5. The lowest BCUT2D eigenvalue weighted by molar-refractivity contribution is -0.133. The van der Waals surface area contributed by atoms with E-state index < -0.39 is 33.4 Å². The van der Waals surface area contributed by atoms with Gasteiger partial charge in [-0.15, -0.1) is 0 Å². The van der Waals surface area contributed by atoms with Crippen molar-refractivity contribution < 1.29 is 27.5 Å². The third kappa shape index (κ3) is 5.86. The molecule has 26 heavy (non-hydrogen) atoms. The second-order valence-electron chi connectivity index (χ2n) is 7.82. The molecule has 0 radical (unpaired) electrons. The van der Waals surface area contributed by atoms with Crippen LogP contribution in [-0.2, 0) is 24.2 Å². The molecule has 0 aromatic rings. The topological polar surface area (TPSA) is 122 Å². The molecule has 9 nitrogen and oxygen atoms in total. The Bertz CT molecular complexity index is 662. The molecule has 10 heteroatoms. The Labute approximate surface area is 153 Å². The zero-order chi connectivity index (χ0) is 19.5. The number of carbonyl (C=O) groups excluding carboxylic acids is 3. The zero-order valence-corrected chi connectivity index (χ0v) is 16.2. The lowest BCUT2D eigenvalue weighted by Crippen LogP contribution is -2.50. The summed E-state index contributed by atoms with van der Waals surface area (Å²) in [7, 11) is -3.15. The Kier molecular flexibility index (Phi) is 6.15. The van der Waals surface area contributed by atoms with E-state index in [-0.39, 0.29) is 29.8 Å². The minimum atomic E-state index is -3.15. The number of amides is 3. The van der Waals surface area contributed by atoms with Crippen LogP contribution in [0.1, 0.15) is 40.0 Å². The predicted octanol–water partition coefficient (Wildman–Crippen LogP) is 0.216. The van der Waals surface area contributed by atoms with Crippen molar-refractivity contribution in [2.24, 2.45) is 11.8 Å². The summed E-state index contributed by atoms with van der Waals surface area (Å²) in [4.78, 5) is 37.7. The van der Waals surface area contributed by atoms with Gasteiger partial charge in [-0.2, -0.15) is 0 Å². The van der Waals surface area contributed by atoms with Crippen LogP contribution in [0.2, 0.25) is 0 Å². The van der Waals surface area contributed by atoms with Crippen molar-refractivity contribution in [3.8, 4) is 0 Å². The minimum absolute atomic E-state index is 0.00214. The van der Waals surface area contributed by atoms with Crippen LogP contribution in [-0.4, -0.2) is 61.4 Å². The third-order valence-corrected chi connectivity index (χ3v) is 6.20. The van der Waals surface area contributed by atoms with Crippen LogP contribution in [0.5, 0.6) is 0 Å². The smallest absolute Gasteiger partial charge is 0.410 e. The van der Waals surface area contributed by atoms with Gasteiger partial charge in [0.15, 0.2) is 9.84 Å². The Balaban J connectivity index is 1.73. The first-order chi connectivity index (χ1) is 12.0. The van der Waals surface area contributed by atoms with Crippen molar-refractivity contribution in [3.63, 3.8) is 0 Å². The fourth-order valence-electron chi connectivity index (χ4n) is 2.98. The van der Waals surface area contributed by atoms with Gasteiger partial charge < -0.3 is 9.64 Å². The average Bonchev–Trinajstić information content (AvgIpc) is 2.91. The van der Waals surface area contributed by atoms with E-state index in [1.165, 1.54) is 0 Å². The van der Waals surface area contributed by atoms with Crippen LogP contribution in [0.25, 0.3) is 0 Å². The Hall–Kier alpha value is -1.84. The van der Waals surface area contributed by atoms with E-state index in [0.29, 0.717) is 25.9 Å². The summed E-state index contributed by atoms with van der Waals surface area (Å²) in [6.45, 7) is 6.19. The van der Waals surface area contributed by atoms with E-state index in [1.807, 2.05) is 0 Å². The zero-order valence-electron chi connectivity index (χ0n) is 15.4. The molecule has 0 aromatic carbocycles. The van der Waals surface area contributed by atoms with Gasteiger partial charge in [0.25, 0.3) is 0 Å². The highest BCUT2D eigenvalue weighted by atomic mass is 32.2. The number of carbonyl (C=O) groups is 3. The highest BCUT2D eigenvalue weighted by Gasteiger charge is 2.34. The highest BCUT2D eigenvalue weighted by Crippen LogP contribution is 2.20. The van der Waals surface area contributed by atoms with Crippen molar-refractivity contribution in [1.29, 1.82) is 0 Å². The van der Waals surface area contributed by atoms with Crippen molar-refractivity contribution in [3.05, 3.63) is 0 Å². The molecule has 3 amide bonds. The van der Waals surface area contributed by atoms with Crippen LogP contribution in [0.4, 0.5) is 4.79 Å². The van der Waals surface area contributed by atoms with Crippen LogP contribution in [0.15, 0.2) is 0 Å². The second kappa shape index (κ2) is 7.81. The molecule has 0 saturated carbocycles. The highest BCUT2D eigenvalue weighted by molar-refractivity contribution is 7.91. The normalized spacial score (nSPS) is 23.3. The summed E-state index contributed by atoms with van der Waals surface area (Å²) in [6, 6.07) is 0. The Morgan fingerprint density at radius 1 is 0.962 bits per heavy atom. The monoisotopic (exact) mass is 389 g/mol. The molecule has 0 unspecified atom stereocenters. The molecule has 2 aliphatic heterocycles. The van der Waals surface area contributed by atoms with Crippen LogP contribution in [0, 0.1) is 11.8 Å². The van der Waals surface area contributed by atoms with Gasteiger partial charge in [-0.05, 0) is 40.0 Å². The standard InChI is InChI=1S/C16H27N3O6S/c1-16(2,3)25-15(22)19-7-4-11(5-8-19)13(20)17-18-14(21)12-6-9-26(23,24)10-12/h11-12H,4-10H2,1-3H3,(H,17,20)(H,18,21)/t12-/m0/s1. The van der Waals surface area contributed by atoms with Gasteiger partial charge in [-0.1, -0.05) is 0 Å². The minimum Gasteiger partial charge on any atom is -0.444 e. The van der Waals surface area contributed by atoms with E-state index in [2.05, 4.69) is 10.9 Å². The summed E-state index contributed by atoms with van der Waals surface area (Å²) in [6.07, 6.45) is 0.822. The largest absolute Gasteiger partial charge is 0.444 e. The number of ether oxygens (including phenoxy) is 1. The van der Waals surface area contributed by atoms with Gasteiger partial charge in [0.2, 0.25) is 11.8 Å². The molecule has 2 aliphatic rings. The number of hydrazine groups is 1. The molecular weight excluding hydrogens is 362 g/mol. The van der Waals surface area contributed by atoms with E-state index >= 15 is 0 Å². The molecule has 2 heterocycles. The predicted molar refractivity (Wildman–Crippen MR) is 93.6 cm³/mol. The maximum absolute atomic E-state index is 12.2. The number of piperidine rings is 1. The molecule has 2 rings (SSSR count). The summed E-state index contributed by atoms with van der Waals surface area (Å²) >= 11 is 0. The fourth-order valence-corrected chi connectivity index (χ4v) is 4.72. The molecule has 0 aliphatic carbocycles. The van der Waals surface area contributed by atoms with Gasteiger partial charge in [0, 0.05) is 19.0 Å². The molecule has 0 spiro atoms. The maximum atomic E-state index is 12.2. The number of sulfone groups is 1. The van der Waals surface area contributed by atoms with E-state index in [4.69, 9.17) is 4.74 Å². The number of nitrogens with zero attached hydrogens (tertiary/aromatic N) is 1. The molecule has 2 N–H and O–H groups in total. The molecule has 148 valence electrons. The fraction of sp³-hybridized carbons (Fsp3) is 0.812.